The molecule has 0 radical (unpaired) electrons. The van der Waals surface area contributed by atoms with E-state index in [4.69, 9.17) is 16.7 Å². The highest BCUT2D eigenvalue weighted by molar-refractivity contribution is 7.12. The molecule has 2 aromatic heterocycles. The van der Waals surface area contributed by atoms with E-state index in [2.05, 4.69) is 10.1 Å². The van der Waals surface area contributed by atoms with E-state index in [1.165, 1.54) is 16.7 Å². The SMILES string of the molecule is O=C(O)c1csc(-n2nc(Cl)c3c2CCC=C3)n1. The molecule has 7 heteroatoms. The van der Waals surface area contributed by atoms with Crippen LogP contribution in [0.15, 0.2) is 11.5 Å². The zero-order chi connectivity index (χ0) is 12.7. The minimum absolute atomic E-state index is 0.0294. The van der Waals surface area contributed by atoms with E-state index in [1.54, 1.807) is 4.68 Å². The molecule has 1 N–H and O–H groups in total. The summed E-state index contributed by atoms with van der Waals surface area (Å²) in [6, 6.07) is 0. The predicted octanol–water partition coefficient (Wildman–Crippen LogP) is 2.64. The van der Waals surface area contributed by atoms with Gasteiger partial charge in [-0.05, 0) is 12.8 Å². The Morgan fingerprint density at radius 1 is 1.56 bits per heavy atom. The number of aromatic nitrogens is 3. The second kappa shape index (κ2) is 4.22. The molecular weight excluding hydrogens is 274 g/mol. The van der Waals surface area contributed by atoms with Gasteiger partial charge in [-0.3, -0.25) is 0 Å². The molecular formula is C11H8ClN3O2S. The van der Waals surface area contributed by atoms with E-state index in [0.29, 0.717) is 10.3 Å². The average Bonchev–Trinajstić information content (AvgIpc) is 2.95. The minimum Gasteiger partial charge on any atom is -0.476 e. The number of fused-ring (bicyclic) bond motifs is 1. The van der Waals surface area contributed by atoms with Crippen LogP contribution < -0.4 is 0 Å². The predicted molar refractivity (Wildman–Crippen MR) is 68.6 cm³/mol. The second-order valence-corrected chi connectivity index (χ2v) is 5.02. The van der Waals surface area contributed by atoms with E-state index < -0.39 is 5.97 Å². The zero-order valence-electron chi connectivity index (χ0n) is 9.13. The number of thiazole rings is 1. The highest BCUT2D eigenvalue weighted by Crippen LogP contribution is 2.29. The number of carbonyl (C=O) groups is 1. The maximum absolute atomic E-state index is 10.8. The smallest absolute Gasteiger partial charge is 0.355 e. The van der Waals surface area contributed by atoms with Gasteiger partial charge in [0.2, 0.25) is 5.13 Å². The number of nitrogens with zero attached hydrogens (tertiary/aromatic N) is 3. The van der Waals surface area contributed by atoms with Crippen molar-refractivity contribution in [2.75, 3.05) is 0 Å². The monoisotopic (exact) mass is 281 g/mol. The van der Waals surface area contributed by atoms with Crippen LogP contribution in [-0.2, 0) is 6.42 Å². The molecule has 0 amide bonds. The minimum atomic E-state index is -1.04. The van der Waals surface area contributed by atoms with Gasteiger partial charge in [0.05, 0.1) is 5.69 Å². The largest absolute Gasteiger partial charge is 0.476 e. The maximum Gasteiger partial charge on any atom is 0.355 e. The highest BCUT2D eigenvalue weighted by atomic mass is 35.5. The summed E-state index contributed by atoms with van der Waals surface area (Å²) in [5, 5.41) is 15.5. The summed E-state index contributed by atoms with van der Waals surface area (Å²) in [7, 11) is 0. The molecule has 0 aromatic carbocycles. The van der Waals surface area contributed by atoms with Crippen molar-refractivity contribution in [1.29, 1.82) is 0 Å². The Balaban J connectivity index is 2.11. The molecule has 0 saturated carbocycles. The Kier molecular flexibility index (Phi) is 2.68. The van der Waals surface area contributed by atoms with Crippen molar-refractivity contribution in [3.05, 3.63) is 33.6 Å². The van der Waals surface area contributed by atoms with Gasteiger partial charge in [-0.15, -0.1) is 11.3 Å². The lowest BCUT2D eigenvalue weighted by atomic mass is 10.1. The number of carboxylic acid groups (broad SMARTS) is 1. The van der Waals surface area contributed by atoms with Crippen LogP contribution in [-0.4, -0.2) is 25.8 Å². The lowest BCUT2D eigenvalue weighted by Gasteiger charge is -2.07. The van der Waals surface area contributed by atoms with Crippen LogP contribution in [0.5, 0.6) is 0 Å². The molecule has 1 aliphatic carbocycles. The molecule has 3 rings (SSSR count). The van der Waals surface area contributed by atoms with Crippen LogP contribution in [0, 0.1) is 0 Å². The quantitative estimate of drug-likeness (QED) is 0.919. The first kappa shape index (κ1) is 11.4. The van der Waals surface area contributed by atoms with Gasteiger partial charge in [-0.2, -0.15) is 5.10 Å². The van der Waals surface area contributed by atoms with Crippen molar-refractivity contribution in [1.82, 2.24) is 14.8 Å². The number of allylic oxidation sites excluding steroid dienone is 1. The Morgan fingerprint density at radius 2 is 2.39 bits per heavy atom. The van der Waals surface area contributed by atoms with Crippen LogP contribution in [0.3, 0.4) is 0 Å². The zero-order valence-corrected chi connectivity index (χ0v) is 10.7. The van der Waals surface area contributed by atoms with Gasteiger partial charge in [-0.1, -0.05) is 23.8 Å². The summed E-state index contributed by atoms with van der Waals surface area (Å²) in [4.78, 5) is 14.9. The van der Waals surface area contributed by atoms with Gasteiger partial charge in [0.1, 0.15) is 0 Å². The van der Waals surface area contributed by atoms with Crippen molar-refractivity contribution < 1.29 is 9.90 Å². The third kappa shape index (κ3) is 1.74. The van der Waals surface area contributed by atoms with Gasteiger partial charge in [0.25, 0.3) is 0 Å². The van der Waals surface area contributed by atoms with Crippen LogP contribution in [0.4, 0.5) is 0 Å². The summed E-state index contributed by atoms with van der Waals surface area (Å²) in [6.45, 7) is 0. The number of hydrogen-bond donors (Lipinski definition) is 1. The second-order valence-electron chi connectivity index (χ2n) is 3.82. The Morgan fingerprint density at radius 3 is 3.11 bits per heavy atom. The molecule has 0 spiro atoms. The standard InChI is InChI=1S/C11H8ClN3O2S/c12-9-6-3-1-2-4-8(6)15(14-9)11-13-7(5-18-11)10(16)17/h1,3,5H,2,4H2,(H,16,17). The van der Waals surface area contributed by atoms with Crippen LogP contribution in [0.1, 0.15) is 28.2 Å². The van der Waals surface area contributed by atoms with E-state index in [-0.39, 0.29) is 5.69 Å². The molecule has 0 atom stereocenters. The fourth-order valence-electron chi connectivity index (χ4n) is 1.88. The first-order valence-electron chi connectivity index (χ1n) is 5.30. The van der Waals surface area contributed by atoms with Gasteiger partial charge < -0.3 is 5.11 Å². The summed E-state index contributed by atoms with van der Waals surface area (Å²) in [6.07, 6.45) is 5.74. The van der Waals surface area contributed by atoms with Crippen molar-refractivity contribution >= 4 is 35.0 Å². The number of aromatic carboxylic acids is 1. The van der Waals surface area contributed by atoms with Gasteiger partial charge >= 0.3 is 5.97 Å². The topological polar surface area (TPSA) is 68.0 Å². The fraction of sp³-hybridized carbons (Fsp3) is 0.182. The van der Waals surface area contributed by atoms with Crippen LogP contribution in [0.2, 0.25) is 5.15 Å². The van der Waals surface area contributed by atoms with E-state index in [0.717, 1.165) is 24.1 Å². The summed E-state index contributed by atoms with van der Waals surface area (Å²) in [5.74, 6) is -1.04. The normalized spacial score (nSPS) is 13.6. The number of rotatable bonds is 2. The molecule has 0 bridgehead atoms. The van der Waals surface area contributed by atoms with Crippen molar-refractivity contribution in [3.63, 3.8) is 0 Å². The molecule has 0 aliphatic heterocycles. The molecule has 92 valence electrons. The summed E-state index contributed by atoms with van der Waals surface area (Å²) < 4.78 is 1.64. The molecule has 2 aromatic rings. The van der Waals surface area contributed by atoms with E-state index in [9.17, 15) is 4.79 Å². The summed E-state index contributed by atoms with van der Waals surface area (Å²) in [5.41, 5.74) is 1.91. The third-order valence-electron chi connectivity index (χ3n) is 2.70. The molecule has 1 aliphatic rings. The number of carboxylic acids is 1. The molecule has 18 heavy (non-hydrogen) atoms. The van der Waals surface area contributed by atoms with Crippen molar-refractivity contribution in [3.8, 4) is 5.13 Å². The third-order valence-corrected chi connectivity index (χ3v) is 3.80. The maximum atomic E-state index is 10.8. The summed E-state index contributed by atoms with van der Waals surface area (Å²) >= 11 is 7.30. The number of halogens is 1. The first-order chi connectivity index (χ1) is 8.66. The molecule has 2 heterocycles. The van der Waals surface area contributed by atoms with Crippen molar-refractivity contribution in [2.24, 2.45) is 0 Å². The lowest BCUT2D eigenvalue weighted by molar-refractivity contribution is 0.0691. The van der Waals surface area contributed by atoms with Crippen molar-refractivity contribution in [2.45, 2.75) is 12.8 Å². The molecule has 5 nitrogen and oxygen atoms in total. The highest BCUT2D eigenvalue weighted by Gasteiger charge is 2.20. The fourth-order valence-corrected chi connectivity index (χ4v) is 2.90. The Bertz CT molecular complexity index is 659. The number of hydrogen-bond acceptors (Lipinski definition) is 4. The molecule has 0 saturated heterocycles. The van der Waals surface area contributed by atoms with Gasteiger partial charge in [0.15, 0.2) is 10.8 Å². The van der Waals surface area contributed by atoms with Crippen LogP contribution >= 0.6 is 22.9 Å². The van der Waals surface area contributed by atoms with Gasteiger partial charge in [-0.25, -0.2) is 14.5 Å². The average molecular weight is 282 g/mol. The Labute approximate surface area is 111 Å². The van der Waals surface area contributed by atoms with E-state index >= 15 is 0 Å². The lowest BCUT2D eigenvalue weighted by Crippen LogP contribution is -2.05. The molecule has 0 unspecified atom stereocenters. The first-order valence-corrected chi connectivity index (χ1v) is 6.55. The van der Waals surface area contributed by atoms with Crippen LogP contribution in [0.25, 0.3) is 11.2 Å². The Hall–Kier alpha value is -1.66. The van der Waals surface area contributed by atoms with E-state index in [1.807, 2.05) is 12.2 Å². The molecule has 0 fully saturated rings. The van der Waals surface area contributed by atoms with Gasteiger partial charge in [0, 0.05) is 10.9 Å².